The van der Waals surface area contributed by atoms with Crippen LogP contribution < -0.4 is 19.1 Å². The van der Waals surface area contributed by atoms with Crippen LogP contribution in [0.4, 0.5) is 17.1 Å². The second-order valence-electron chi connectivity index (χ2n) is 22.3. The van der Waals surface area contributed by atoms with Crippen LogP contribution in [0.25, 0.3) is 0 Å². The Morgan fingerprint density at radius 3 is 1.14 bits per heavy atom. The number of benzene rings is 4. The lowest BCUT2D eigenvalue weighted by Crippen LogP contribution is -2.37. The van der Waals surface area contributed by atoms with Crippen LogP contribution >= 0.6 is 0 Å². The fourth-order valence-corrected chi connectivity index (χ4v) is 10.1. The number of nitrogens with zero attached hydrogens (tertiary/aromatic N) is 4. The molecule has 11 heteroatoms. The van der Waals surface area contributed by atoms with E-state index in [0.29, 0.717) is 18.0 Å². The minimum atomic E-state index is -4.43. The number of anilines is 1. The summed E-state index contributed by atoms with van der Waals surface area (Å²) in [5.74, 6) is 2.59. The molecule has 0 N–H and O–H groups in total. The van der Waals surface area contributed by atoms with Crippen LogP contribution in [0, 0.1) is 0 Å². The predicted octanol–water partition coefficient (Wildman–Crippen LogP) is 19.4. The van der Waals surface area contributed by atoms with Gasteiger partial charge in [0.05, 0.1) is 50.2 Å². The molecule has 0 radical (unpaired) electrons. The number of quaternary nitrogens is 1. The topological polar surface area (TPSA) is 113 Å². The van der Waals surface area contributed by atoms with E-state index in [-0.39, 0.29) is 4.90 Å². The molecule has 0 aliphatic heterocycles. The van der Waals surface area contributed by atoms with Crippen LogP contribution in [0.2, 0.25) is 0 Å². The average molecular weight is 1080 g/mol. The third-order valence-electron chi connectivity index (χ3n) is 14.2. The minimum absolute atomic E-state index is 0.281. The Labute approximate surface area is 470 Å². The molecular formula is C66H106N4O6S. The van der Waals surface area contributed by atoms with Gasteiger partial charge in [-0.3, -0.25) is 0 Å². The molecular weight excluding hydrogens is 977 g/mol. The first-order valence-electron chi connectivity index (χ1n) is 30.5. The molecule has 0 amide bonds. The van der Waals surface area contributed by atoms with Crippen LogP contribution in [-0.2, 0) is 23.2 Å². The maximum absolute atomic E-state index is 10.8. The van der Waals surface area contributed by atoms with Crippen molar-refractivity contribution in [2.24, 2.45) is 10.2 Å². The van der Waals surface area contributed by atoms with E-state index < -0.39 is 10.1 Å². The van der Waals surface area contributed by atoms with E-state index in [4.69, 9.17) is 14.2 Å². The van der Waals surface area contributed by atoms with Gasteiger partial charge in [-0.05, 0) is 79.9 Å². The molecule has 10 nitrogen and oxygen atoms in total. The molecule has 0 unspecified atom stereocenters. The van der Waals surface area contributed by atoms with E-state index in [0.717, 1.165) is 73.0 Å². The van der Waals surface area contributed by atoms with Crippen molar-refractivity contribution in [3.05, 3.63) is 102 Å². The Morgan fingerprint density at radius 2 is 0.779 bits per heavy atom. The molecule has 77 heavy (non-hydrogen) atoms. The summed E-state index contributed by atoms with van der Waals surface area (Å²) >= 11 is 0. The maximum atomic E-state index is 10.8. The molecule has 0 atom stereocenters. The number of azo groups is 1. The molecule has 0 fully saturated rings. The van der Waals surface area contributed by atoms with Gasteiger partial charge in [0.25, 0.3) is 0 Å². The van der Waals surface area contributed by atoms with Gasteiger partial charge in [0.15, 0.2) is 11.5 Å². The molecule has 0 saturated carbocycles. The molecule has 0 heterocycles. The minimum Gasteiger partial charge on any atom is -0.744 e. The van der Waals surface area contributed by atoms with Crippen LogP contribution in [0.3, 0.4) is 0 Å². The molecule has 0 aliphatic rings. The van der Waals surface area contributed by atoms with Crippen molar-refractivity contribution in [3.8, 4) is 17.2 Å². The number of unbranched alkanes of at least 4 members (excludes halogenated alkanes) is 27. The van der Waals surface area contributed by atoms with Gasteiger partial charge in [0.1, 0.15) is 23.2 Å². The van der Waals surface area contributed by atoms with E-state index in [1.807, 2.05) is 43.3 Å². The van der Waals surface area contributed by atoms with Gasteiger partial charge in [-0.2, -0.15) is 10.2 Å². The highest BCUT2D eigenvalue weighted by Crippen LogP contribution is 2.40. The van der Waals surface area contributed by atoms with Crippen molar-refractivity contribution in [3.63, 3.8) is 0 Å². The summed E-state index contributed by atoms with van der Waals surface area (Å²) in [4.78, 5) is 1.69. The Hall–Kier alpha value is -4.45. The lowest BCUT2D eigenvalue weighted by Gasteiger charge is -2.30. The van der Waals surface area contributed by atoms with Gasteiger partial charge in [-0.1, -0.05) is 224 Å². The highest BCUT2D eigenvalue weighted by atomic mass is 32.2. The van der Waals surface area contributed by atoms with Gasteiger partial charge in [0.2, 0.25) is 5.75 Å². The molecule has 4 aromatic carbocycles. The second-order valence-corrected chi connectivity index (χ2v) is 23.7. The fourth-order valence-electron chi connectivity index (χ4n) is 9.63. The third kappa shape index (κ3) is 32.3. The van der Waals surface area contributed by atoms with Gasteiger partial charge >= 0.3 is 0 Å². The molecule has 4 rings (SSSR count). The zero-order chi connectivity index (χ0) is 55.7. The first-order chi connectivity index (χ1) is 37.3. The van der Waals surface area contributed by atoms with Crippen LogP contribution in [-0.4, -0.2) is 65.5 Å². The zero-order valence-electron chi connectivity index (χ0n) is 49.6. The van der Waals surface area contributed by atoms with Crippen LogP contribution in [0.5, 0.6) is 17.2 Å². The van der Waals surface area contributed by atoms with Crippen molar-refractivity contribution in [1.82, 2.24) is 0 Å². The summed E-state index contributed by atoms with van der Waals surface area (Å²) in [5, 5.41) is 8.04. The monoisotopic (exact) mass is 1080 g/mol. The van der Waals surface area contributed by atoms with Gasteiger partial charge in [0, 0.05) is 30.9 Å². The van der Waals surface area contributed by atoms with E-state index in [1.54, 1.807) is 0 Å². The Kier molecular flexibility index (Phi) is 36.1. The number of hydrogen-bond donors (Lipinski definition) is 0. The summed E-state index contributed by atoms with van der Waals surface area (Å²) in [6.07, 6.45) is 39.7. The van der Waals surface area contributed by atoms with Gasteiger partial charge in [-0.15, -0.1) is 0 Å². The fraction of sp³-hybridized carbons (Fsp3) is 0.636. The predicted molar refractivity (Wildman–Crippen MR) is 324 cm³/mol. The summed E-state index contributed by atoms with van der Waals surface area (Å²) in [6.45, 7) is 10.9. The molecule has 0 aliphatic carbocycles. The first-order valence-corrected chi connectivity index (χ1v) is 31.9. The van der Waals surface area contributed by atoms with Crippen LogP contribution in [0.1, 0.15) is 225 Å². The van der Waals surface area contributed by atoms with E-state index in [9.17, 15) is 13.0 Å². The van der Waals surface area contributed by atoms with Gasteiger partial charge < -0.3 is 28.1 Å². The first kappa shape index (κ1) is 66.8. The summed E-state index contributed by atoms with van der Waals surface area (Å²) in [6, 6.07) is 28.2. The summed E-state index contributed by atoms with van der Waals surface area (Å²) in [5.41, 5.74) is 4.83. The summed E-state index contributed by atoms with van der Waals surface area (Å²) < 4.78 is 53.3. The second kappa shape index (κ2) is 41.6. The molecule has 0 spiro atoms. The largest absolute Gasteiger partial charge is 0.744 e. The normalized spacial score (nSPS) is 11.7. The lowest BCUT2D eigenvalue weighted by atomic mass is 10.1. The molecule has 0 bridgehead atoms. The maximum Gasteiger partial charge on any atom is 0.203 e. The Bertz CT molecular complexity index is 2150. The number of hydrogen-bond acceptors (Lipinski definition) is 9. The van der Waals surface area contributed by atoms with Crippen molar-refractivity contribution in [2.75, 3.05) is 52.9 Å². The highest BCUT2D eigenvalue weighted by molar-refractivity contribution is 7.85. The van der Waals surface area contributed by atoms with Crippen molar-refractivity contribution in [2.45, 2.75) is 231 Å². The quantitative estimate of drug-likeness (QED) is 0.0188. The SMILES string of the molecule is CCCCCCCCCCCCOc1cc(C[N+](C)(C)Cc2ccccc2)cc(OCCCCCCCCCCCC)c1OCCCCCCCCCCCC.CN(C)c1ccc(N=Nc2ccc(S(=O)(=O)[O-])cc2)cc1. The molecule has 0 aromatic heterocycles. The van der Waals surface area contributed by atoms with Gasteiger partial charge in [-0.25, -0.2) is 8.42 Å². The third-order valence-corrected chi connectivity index (χ3v) is 15.0. The number of rotatable bonds is 44. The smallest absolute Gasteiger partial charge is 0.203 e. The van der Waals surface area contributed by atoms with Crippen molar-refractivity contribution < 1.29 is 31.7 Å². The molecule has 0 saturated heterocycles. The number of ether oxygens (including phenoxy) is 3. The van der Waals surface area contributed by atoms with E-state index in [1.165, 1.54) is 209 Å². The van der Waals surface area contributed by atoms with Crippen molar-refractivity contribution in [1.29, 1.82) is 0 Å². The van der Waals surface area contributed by atoms with Crippen molar-refractivity contribution >= 4 is 27.2 Å². The summed E-state index contributed by atoms with van der Waals surface area (Å²) in [7, 11) is 4.13. The zero-order valence-corrected chi connectivity index (χ0v) is 50.4. The molecule has 432 valence electrons. The van der Waals surface area contributed by atoms with Crippen LogP contribution in [0.15, 0.2) is 106 Å². The lowest BCUT2D eigenvalue weighted by molar-refractivity contribution is -0.916. The highest BCUT2D eigenvalue weighted by Gasteiger charge is 2.22. The Morgan fingerprint density at radius 1 is 0.442 bits per heavy atom. The molecule has 4 aromatic rings. The standard InChI is InChI=1S/C52H92NO3.C14H15N3O3S/c1-6-9-12-15-18-21-24-27-30-36-41-54-50-44-49(47-53(4,5)46-48-39-34-33-35-40-48)45-51(55-42-37-31-28-25-22-19-16-13-10-7-2)52(50)56-43-38-32-29-26-23-20-17-14-11-8-3;1-17(2)13-7-3-11(4-8-13)15-16-12-5-9-14(10-6-12)21(18,19)20/h33-35,39-40,44-45H,6-32,36-38,41-43,46-47H2,1-5H3;3-10H,1-2H3,(H,18,19,20)/q+1;/p-1. The Balaban J connectivity index is 0.000000614. The van der Waals surface area contributed by atoms with E-state index in [2.05, 4.69) is 87.6 Å². The average Bonchev–Trinajstić information content (AvgIpc) is 3.41. The van der Waals surface area contributed by atoms with E-state index >= 15 is 0 Å².